The molecule has 0 aliphatic rings. The van der Waals surface area contributed by atoms with Crippen LogP contribution in [0.2, 0.25) is 0 Å². The van der Waals surface area contributed by atoms with Crippen LogP contribution in [0.1, 0.15) is 50.9 Å². The Balaban J connectivity index is 2.74. The van der Waals surface area contributed by atoms with Gasteiger partial charge < -0.3 is 4.74 Å². The van der Waals surface area contributed by atoms with Crippen LogP contribution in [-0.4, -0.2) is 12.1 Å². The minimum Gasteiger partial charge on any atom is -0.497 e. The fraction of sp³-hybridized carbons (Fsp3) is 0.643. The van der Waals surface area contributed by atoms with Crippen LogP contribution < -0.4 is 4.74 Å². The molecule has 0 aliphatic heterocycles. The molecule has 90 valence electrons. The minimum atomic E-state index is 0.951. The average Bonchev–Trinajstić information content (AvgIpc) is 2.33. The molecule has 0 N–H and O–H groups in total. The highest BCUT2D eigenvalue weighted by molar-refractivity contribution is 5.27. The van der Waals surface area contributed by atoms with E-state index in [4.69, 9.17) is 4.74 Å². The quantitative estimate of drug-likeness (QED) is 0.699. The molecule has 0 unspecified atom stereocenters. The van der Waals surface area contributed by atoms with Crippen molar-refractivity contribution in [2.24, 2.45) is 0 Å². The van der Waals surface area contributed by atoms with E-state index in [1.807, 2.05) is 0 Å². The molecule has 2 heteroatoms. The molecule has 0 fully saturated rings. The molecule has 0 saturated heterocycles. The van der Waals surface area contributed by atoms with Gasteiger partial charge in [0.1, 0.15) is 5.75 Å². The van der Waals surface area contributed by atoms with Crippen LogP contribution >= 0.6 is 0 Å². The number of hydrogen-bond donors (Lipinski definition) is 0. The standard InChI is InChI=1S/C14H23NO/c1-4-6-8-12-10-14(16-3)11-13(15-12)9-7-5-2/h10-11H,4-9H2,1-3H3. The summed E-state index contributed by atoms with van der Waals surface area (Å²) in [7, 11) is 1.72. The molecular weight excluding hydrogens is 198 g/mol. The summed E-state index contributed by atoms with van der Waals surface area (Å²) in [5, 5.41) is 0. The predicted octanol–water partition coefficient (Wildman–Crippen LogP) is 3.78. The zero-order valence-corrected chi connectivity index (χ0v) is 10.8. The molecule has 0 radical (unpaired) electrons. The van der Waals surface area contributed by atoms with Gasteiger partial charge >= 0.3 is 0 Å². The monoisotopic (exact) mass is 221 g/mol. The van der Waals surface area contributed by atoms with E-state index < -0.39 is 0 Å². The van der Waals surface area contributed by atoms with Crippen LogP contribution in [0.4, 0.5) is 0 Å². The fourth-order valence-corrected chi connectivity index (χ4v) is 1.71. The van der Waals surface area contributed by atoms with Gasteiger partial charge in [0.2, 0.25) is 0 Å². The molecule has 1 rings (SSSR count). The van der Waals surface area contributed by atoms with Gasteiger partial charge in [0.05, 0.1) is 7.11 Å². The summed E-state index contributed by atoms with van der Waals surface area (Å²) in [5.41, 5.74) is 2.35. The van der Waals surface area contributed by atoms with Gasteiger partial charge in [0, 0.05) is 23.5 Å². The highest BCUT2D eigenvalue weighted by atomic mass is 16.5. The predicted molar refractivity (Wildman–Crippen MR) is 68.0 cm³/mol. The Morgan fingerprint density at radius 1 is 1.00 bits per heavy atom. The summed E-state index contributed by atoms with van der Waals surface area (Å²) in [6.45, 7) is 4.41. The molecule has 0 saturated carbocycles. The molecule has 1 aromatic rings. The Bertz CT molecular complexity index is 283. The molecule has 0 atom stereocenters. The summed E-state index contributed by atoms with van der Waals surface area (Å²) >= 11 is 0. The van der Waals surface area contributed by atoms with Crippen molar-refractivity contribution < 1.29 is 4.74 Å². The number of nitrogens with zero attached hydrogens (tertiary/aromatic N) is 1. The third-order valence-electron chi connectivity index (χ3n) is 2.71. The molecule has 16 heavy (non-hydrogen) atoms. The number of pyridine rings is 1. The molecule has 0 amide bonds. The van der Waals surface area contributed by atoms with Crippen LogP contribution in [0.5, 0.6) is 5.75 Å². The number of aryl methyl sites for hydroxylation is 2. The average molecular weight is 221 g/mol. The number of methoxy groups -OCH3 is 1. The lowest BCUT2D eigenvalue weighted by Crippen LogP contribution is -1.98. The molecule has 0 bridgehead atoms. The first kappa shape index (κ1) is 13.0. The zero-order valence-electron chi connectivity index (χ0n) is 10.8. The van der Waals surface area contributed by atoms with Crippen LogP contribution in [0.3, 0.4) is 0 Å². The van der Waals surface area contributed by atoms with Gasteiger partial charge in [-0.3, -0.25) is 4.98 Å². The van der Waals surface area contributed by atoms with Crippen molar-refractivity contribution in [1.29, 1.82) is 0 Å². The van der Waals surface area contributed by atoms with E-state index in [9.17, 15) is 0 Å². The van der Waals surface area contributed by atoms with E-state index in [0.717, 1.165) is 18.6 Å². The number of ether oxygens (including phenoxy) is 1. The second-order valence-corrected chi connectivity index (χ2v) is 4.20. The van der Waals surface area contributed by atoms with Crippen molar-refractivity contribution in [2.45, 2.75) is 52.4 Å². The molecular formula is C14H23NO. The maximum absolute atomic E-state index is 5.32. The van der Waals surface area contributed by atoms with Crippen molar-refractivity contribution in [3.8, 4) is 5.75 Å². The summed E-state index contributed by atoms with van der Waals surface area (Å²) in [5.74, 6) is 0.951. The van der Waals surface area contributed by atoms with Crippen molar-refractivity contribution in [1.82, 2.24) is 4.98 Å². The van der Waals surface area contributed by atoms with E-state index in [2.05, 4.69) is 31.0 Å². The van der Waals surface area contributed by atoms with E-state index >= 15 is 0 Å². The summed E-state index contributed by atoms with van der Waals surface area (Å²) in [4.78, 5) is 4.68. The van der Waals surface area contributed by atoms with Crippen LogP contribution in [0, 0.1) is 0 Å². The first-order valence-electron chi connectivity index (χ1n) is 6.34. The van der Waals surface area contributed by atoms with Crippen molar-refractivity contribution in [3.05, 3.63) is 23.5 Å². The number of unbranched alkanes of at least 4 members (excludes halogenated alkanes) is 2. The first-order valence-corrected chi connectivity index (χ1v) is 6.34. The van der Waals surface area contributed by atoms with Gasteiger partial charge in [-0.25, -0.2) is 0 Å². The Morgan fingerprint density at radius 3 is 1.88 bits per heavy atom. The van der Waals surface area contributed by atoms with Crippen LogP contribution in [-0.2, 0) is 12.8 Å². The minimum absolute atomic E-state index is 0.951. The van der Waals surface area contributed by atoms with E-state index in [-0.39, 0.29) is 0 Å². The van der Waals surface area contributed by atoms with Crippen molar-refractivity contribution in [3.63, 3.8) is 0 Å². The Kier molecular flexibility index (Phi) is 5.91. The van der Waals surface area contributed by atoms with Gasteiger partial charge in [0.15, 0.2) is 0 Å². The Morgan fingerprint density at radius 2 is 1.50 bits per heavy atom. The lowest BCUT2D eigenvalue weighted by atomic mass is 10.1. The molecule has 2 nitrogen and oxygen atoms in total. The smallest absolute Gasteiger partial charge is 0.122 e. The van der Waals surface area contributed by atoms with Crippen LogP contribution in [0.25, 0.3) is 0 Å². The number of rotatable bonds is 7. The normalized spacial score (nSPS) is 10.4. The van der Waals surface area contributed by atoms with Gasteiger partial charge in [-0.2, -0.15) is 0 Å². The molecule has 0 aromatic carbocycles. The topological polar surface area (TPSA) is 22.1 Å². The summed E-state index contributed by atoms with van der Waals surface area (Å²) < 4.78 is 5.32. The highest BCUT2D eigenvalue weighted by Gasteiger charge is 2.03. The second-order valence-electron chi connectivity index (χ2n) is 4.20. The third-order valence-corrected chi connectivity index (χ3v) is 2.71. The van der Waals surface area contributed by atoms with Gasteiger partial charge in [-0.05, 0) is 25.7 Å². The number of hydrogen-bond acceptors (Lipinski definition) is 2. The Labute approximate surface area is 99.0 Å². The lowest BCUT2D eigenvalue weighted by molar-refractivity contribution is 0.412. The molecule has 0 aliphatic carbocycles. The van der Waals surface area contributed by atoms with E-state index in [1.54, 1.807) is 7.11 Å². The molecule has 0 spiro atoms. The summed E-state index contributed by atoms with van der Waals surface area (Å²) in [6.07, 6.45) is 6.95. The third kappa shape index (κ3) is 4.21. The Hall–Kier alpha value is -1.05. The zero-order chi connectivity index (χ0) is 11.8. The highest BCUT2D eigenvalue weighted by Crippen LogP contribution is 2.16. The SMILES string of the molecule is CCCCc1cc(OC)cc(CCCC)n1. The largest absolute Gasteiger partial charge is 0.497 e. The van der Waals surface area contributed by atoms with E-state index in [0.29, 0.717) is 0 Å². The maximum Gasteiger partial charge on any atom is 0.122 e. The summed E-state index contributed by atoms with van der Waals surface area (Å²) in [6, 6.07) is 4.12. The van der Waals surface area contributed by atoms with Crippen LogP contribution in [0.15, 0.2) is 12.1 Å². The fourth-order valence-electron chi connectivity index (χ4n) is 1.71. The number of aromatic nitrogens is 1. The van der Waals surface area contributed by atoms with Crippen molar-refractivity contribution in [2.75, 3.05) is 7.11 Å². The second kappa shape index (κ2) is 7.26. The van der Waals surface area contributed by atoms with Gasteiger partial charge in [0.25, 0.3) is 0 Å². The first-order chi connectivity index (χ1) is 7.80. The molecule has 1 heterocycles. The maximum atomic E-state index is 5.32. The van der Waals surface area contributed by atoms with Gasteiger partial charge in [-0.1, -0.05) is 26.7 Å². The van der Waals surface area contributed by atoms with Crippen molar-refractivity contribution >= 4 is 0 Å². The van der Waals surface area contributed by atoms with Gasteiger partial charge in [-0.15, -0.1) is 0 Å². The molecule has 1 aromatic heterocycles. The van der Waals surface area contributed by atoms with E-state index in [1.165, 1.54) is 37.1 Å². The lowest BCUT2D eigenvalue weighted by Gasteiger charge is -2.07.